The minimum absolute atomic E-state index is 0.273. The third kappa shape index (κ3) is 3.79. The number of anilines is 1. The van der Waals surface area contributed by atoms with Crippen LogP contribution in [-0.4, -0.2) is 26.9 Å². The Morgan fingerprint density at radius 3 is 2.59 bits per heavy atom. The fraction of sp³-hybridized carbons (Fsp3) is 0.538. The average Bonchev–Trinajstić information content (AvgIpc) is 2.32. The fourth-order valence-corrected chi connectivity index (χ4v) is 1.78. The molecular formula is C13H20ClNO2. The van der Waals surface area contributed by atoms with E-state index in [1.165, 1.54) is 0 Å². The molecule has 1 aromatic rings. The largest absolute Gasteiger partial charge is 0.495 e. The van der Waals surface area contributed by atoms with Gasteiger partial charge in [-0.1, -0.05) is 18.5 Å². The molecule has 0 bridgehead atoms. The topological polar surface area (TPSA) is 30.5 Å². The van der Waals surface area contributed by atoms with Gasteiger partial charge in [-0.15, -0.1) is 0 Å². The summed E-state index contributed by atoms with van der Waals surface area (Å²) in [6.07, 6.45) is 0.985. The first-order valence-electron chi connectivity index (χ1n) is 5.72. The molecule has 0 aromatic heterocycles. The van der Waals surface area contributed by atoms with Gasteiger partial charge >= 0.3 is 0 Å². The number of nitrogens with one attached hydrogen (secondary N) is 1. The minimum Gasteiger partial charge on any atom is -0.495 e. The Bertz CT molecular complexity index is 369. The van der Waals surface area contributed by atoms with Gasteiger partial charge in [0.1, 0.15) is 5.75 Å². The van der Waals surface area contributed by atoms with Gasteiger partial charge in [0.2, 0.25) is 0 Å². The maximum absolute atomic E-state index is 6.06. The molecule has 1 N–H and O–H groups in total. The van der Waals surface area contributed by atoms with E-state index in [-0.39, 0.29) is 6.04 Å². The number of ether oxygens (including phenoxy) is 2. The van der Waals surface area contributed by atoms with Crippen LogP contribution in [-0.2, 0) is 4.74 Å². The molecule has 96 valence electrons. The molecule has 0 fully saturated rings. The van der Waals surface area contributed by atoms with Crippen molar-refractivity contribution in [2.24, 2.45) is 0 Å². The van der Waals surface area contributed by atoms with Crippen LogP contribution in [0.3, 0.4) is 0 Å². The zero-order valence-electron chi connectivity index (χ0n) is 10.8. The highest BCUT2D eigenvalue weighted by Gasteiger charge is 2.11. The summed E-state index contributed by atoms with van der Waals surface area (Å²) in [6.45, 7) is 4.76. The first-order chi connectivity index (χ1) is 8.12. The second-order valence-electron chi connectivity index (χ2n) is 4.01. The van der Waals surface area contributed by atoms with Crippen molar-refractivity contribution in [2.75, 3.05) is 26.1 Å². The lowest BCUT2D eigenvalue weighted by atomic mass is 10.1. The second kappa shape index (κ2) is 6.72. The van der Waals surface area contributed by atoms with Crippen molar-refractivity contribution < 1.29 is 9.47 Å². The Labute approximate surface area is 108 Å². The van der Waals surface area contributed by atoms with E-state index < -0.39 is 0 Å². The molecule has 1 unspecified atom stereocenters. The summed E-state index contributed by atoms with van der Waals surface area (Å²) in [5.74, 6) is 0.759. The maximum atomic E-state index is 6.06. The van der Waals surface area contributed by atoms with Gasteiger partial charge in [-0.25, -0.2) is 0 Å². The van der Waals surface area contributed by atoms with E-state index in [9.17, 15) is 0 Å². The molecular weight excluding hydrogens is 238 g/mol. The summed E-state index contributed by atoms with van der Waals surface area (Å²) in [6, 6.07) is 4.10. The monoisotopic (exact) mass is 257 g/mol. The molecule has 0 heterocycles. The van der Waals surface area contributed by atoms with E-state index in [0.717, 1.165) is 23.4 Å². The van der Waals surface area contributed by atoms with Crippen LogP contribution in [0, 0.1) is 6.92 Å². The molecule has 0 saturated carbocycles. The predicted octanol–water partition coefficient (Wildman–Crippen LogP) is 3.49. The molecule has 4 heteroatoms. The lowest BCUT2D eigenvalue weighted by Gasteiger charge is -2.20. The zero-order chi connectivity index (χ0) is 12.8. The molecule has 0 saturated heterocycles. The van der Waals surface area contributed by atoms with Gasteiger partial charge in [-0.05, 0) is 25.0 Å². The van der Waals surface area contributed by atoms with Gasteiger partial charge in [0.25, 0.3) is 0 Å². The molecule has 0 amide bonds. The van der Waals surface area contributed by atoms with Crippen LogP contribution >= 0.6 is 11.6 Å². The van der Waals surface area contributed by atoms with Crippen LogP contribution < -0.4 is 10.1 Å². The number of benzene rings is 1. The summed E-state index contributed by atoms with van der Waals surface area (Å²) < 4.78 is 10.5. The Morgan fingerprint density at radius 2 is 2.06 bits per heavy atom. The Morgan fingerprint density at radius 1 is 1.35 bits per heavy atom. The standard InChI is InChI=1S/C13H20ClNO2/c1-5-10(8-16-3)15-12-6-9(2)11(14)7-13(12)17-4/h6-7,10,15H,5,8H2,1-4H3. The number of methoxy groups -OCH3 is 2. The molecule has 1 aromatic carbocycles. The Hall–Kier alpha value is -0.930. The molecule has 0 aliphatic carbocycles. The van der Waals surface area contributed by atoms with Gasteiger partial charge < -0.3 is 14.8 Å². The maximum Gasteiger partial charge on any atom is 0.143 e. The van der Waals surface area contributed by atoms with Crippen molar-refractivity contribution in [1.29, 1.82) is 0 Å². The third-order valence-corrected chi connectivity index (χ3v) is 3.11. The van der Waals surface area contributed by atoms with Gasteiger partial charge in [0.05, 0.1) is 19.4 Å². The molecule has 0 radical (unpaired) electrons. The average molecular weight is 258 g/mol. The van der Waals surface area contributed by atoms with Crippen LogP contribution in [0.1, 0.15) is 18.9 Å². The van der Waals surface area contributed by atoms with Crippen molar-refractivity contribution in [3.05, 3.63) is 22.7 Å². The van der Waals surface area contributed by atoms with Crippen LogP contribution in [0.5, 0.6) is 5.75 Å². The SMILES string of the molecule is CCC(COC)Nc1cc(C)c(Cl)cc1OC. The molecule has 3 nitrogen and oxygen atoms in total. The number of hydrogen-bond donors (Lipinski definition) is 1. The van der Waals surface area contributed by atoms with Gasteiger partial charge in [-0.3, -0.25) is 0 Å². The molecule has 0 aliphatic heterocycles. The summed E-state index contributed by atoms with van der Waals surface area (Å²) in [7, 11) is 3.35. The van der Waals surface area contributed by atoms with Crippen LogP contribution in [0.2, 0.25) is 5.02 Å². The van der Waals surface area contributed by atoms with E-state index in [1.807, 2.05) is 19.1 Å². The van der Waals surface area contributed by atoms with Crippen molar-refractivity contribution in [3.63, 3.8) is 0 Å². The van der Waals surface area contributed by atoms with Crippen molar-refractivity contribution in [3.8, 4) is 5.75 Å². The number of rotatable bonds is 6. The van der Waals surface area contributed by atoms with Crippen LogP contribution in [0.4, 0.5) is 5.69 Å². The van der Waals surface area contributed by atoms with E-state index >= 15 is 0 Å². The first-order valence-corrected chi connectivity index (χ1v) is 6.09. The summed E-state index contributed by atoms with van der Waals surface area (Å²) >= 11 is 6.06. The number of hydrogen-bond acceptors (Lipinski definition) is 3. The van der Waals surface area contributed by atoms with Gasteiger partial charge in [0.15, 0.2) is 0 Å². The summed E-state index contributed by atoms with van der Waals surface area (Å²) in [5, 5.41) is 4.12. The quantitative estimate of drug-likeness (QED) is 0.846. The lowest BCUT2D eigenvalue weighted by molar-refractivity contribution is 0.184. The van der Waals surface area contributed by atoms with Crippen LogP contribution in [0.15, 0.2) is 12.1 Å². The lowest BCUT2D eigenvalue weighted by Crippen LogP contribution is -2.24. The van der Waals surface area contributed by atoms with E-state index in [1.54, 1.807) is 14.2 Å². The second-order valence-corrected chi connectivity index (χ2v) is 4.41. The zero-order valence-corrected chi connectivity index (χ0v) is 11.6. The Kier molecular flexibility index (Phi) is 5.59. The number of aryl methyl sites for hydroxylation is 1. The predicted molar refractivity (Wildman–Crippen MR) is 72.3 cm³/mol. The summed E-state index contributed by atoms with van der Waals surface area (Å²) in [4.78, 5) is 0. The first kappa shape index (κ1) is 14.1. The molecule has 17 heavy (non-hydrogen) atoms. The highest BCUT2D eigenvalue weighted by Crippen LogP contribution is 2.31. The molecule has 1 atom stereocenters. The van der Waals surface area contributed by atoms with Gasteiger partial charge in [0, 0.05) is 24.2 Å². The van der Waals surface area contributed by atoms with Crippen molar-refractivity contribution >= 4 is 17.3 Å². The minimum atomic E-state index is 0.273. The van der Waals surface area contributed by atoms with E-state index in [4.69, 9.17) is 21.1 Å². The molecule has 0 spiro atoms. The van der Waals surface area contributed by atoms with Gasteiger partial charge in [-0.2, -0.15) is 0 Å². The normalized spacial score (nSPS) is 12.3. The third-order valence-electron chi connectivity index (χ3n) is 2.70. The number of halogens is 1. The van der Waals surface area contributed by atoms with Crippen molar-refractivity contribution in [1.82, 2.24) is 0 Å². The highest BCUT2D eigenvalue weighted by atomic mass is 35.5. The molecule has 1 rings (SSSR count). The highest BCUT2D eigenvalue weighted by molar-refractivity contribution is 6.31. The fourth-order valence-electron chi connectivity index (χ4n) is 1.63. The smallest absolute Gasteiger partial charge is 0.143 e. The van der Waals surface area contributed by atoms with Crippen LogP contribution in [0.25, 0.3) is 0 Å². The van der Waals surface area contributed by atoms with Crippen molar-refractivity contribution in [2.45, 2.75) is 26.3 Å². The molecule has 0 aliphatic rings. The summed E-state index contributed by atoms with van der Waals surface area (Å²) in [5.41, 5.74) is 1.99. The Balaban J connectivity index is 2.91. The van der Waals surface area contributed by atoms with E-state index in [2.05, 4.69) is 12.2 Å². The van der Waals surface area contributed by atoms with E-state index in [0.29, 0.717) is 11.6 Å².